The van der Waals surface area contributed by atoms with Crippen molar-refractivity contribution in [3.05, 3.63) is 69.0 Å². The maximum absolute atomic E-state index is 12.8. The molecule has 0 atom stereocenters. The second-order valence-corrected chi connectivity index (χ2v) is 6.70. The number of amides is 1. The third kappa shape index (κ3) is 2.35. The summed E-state index contributed by atoms with van der Waals surface area (Å²) in [7, 11) is 2.98. The van der Waals surface area contributed by atoms with E-state index in [1.54, 1.807) is 13.1 Å². The Morgan fingerprint density at radius 3 is 2.46 bits per heavy atom. The quantitative estimate of drug-likeness (QED) is 0.771. The zero-order chi connectivity index (χ0) is 18.5. The Labute approximate surface area is 148 Å². The lowest BCUT2D eigenvalue weighted by Crippen LogP contribution is -2.37. The number of pyridine rings is 1. The Kier molecular flexibility index (Phi) is 3.54. The van der Waals surface area contributed by atoms with Crippen LogP contribution in [0.15, 0.2) is 52.2 Å². The molecule has 132 valence electrons. The van der Waals surface area contributed by atoms with Gasteiger partial charge in [-0.2, -0.15) is 0 Å². The Bertz CT molecular complexity index is 1140. The lowest BCUT2D eigenvalue weighted by Gasteiger charge is -2.16. The highest BCUT2D eigenvalue weighted by atomic mass is 16.2. The highest BCUT2D eigenvalue weighted by molar-refractivity contribution is 6.02. The van der Waals surface area contributed by atoms with Crippen LogP contribution in [0.3, 0.4) is 0 Å². The summed E-state index contributed by atoms with van der Waals surface area (Å²) in [5.41, 5.74) is 0.346. The van der Waals surface area contributed by atoms with Crippen molar-refractivity contribution in [2.24, 2.45) is 14.1 Å². The lowest BCUT2D eigenvalue weighted by atomic mass is 9.95. The van der Waals surface area contributed by atoms with Crippen LogP contribution in [-0.2, 0) is 24.3 Å². The molecule has 1 amide bonds. The number of benzene rings is 1. The Morgan fingerprint density at radius 1 is 1.12 bits per heavy atom. The molecule has 0 bridgehead atoms. The zero-order valence-electron chi connectivity index (χ0n) is 14.5. The van der Waals surface area contributed by atoms with Crippen molar-refractivity contribution in [2.75, 3.05) is 5.32 Å². The van der Waals surface area contributed by atoms with E-state index in [-0.39, 0.29) is 11.3 Å². The Morgan fingerprint density at radius 2 is 1.81 bits per heavy atom. The number of nitrogens with zero attached hydrogens (tertiary/aromatic N) is 3. The van der Waals surface area contributed by atoms with Crippen LogP contribution in [0.25, 0.3) is 11.0 Å². The fraction of sp³-hybridized carbons (Fsp3) is 0.263. The van der Waals surface area contributed by atoms with E-state index in [2.05, 4.69) is 10.3 Å². The van der Waals surface area contributed by atoms with Gasteiger partial charge in [0.25, 0.3) is 5.56 Å². The number of aryl methyl sites for hydroxylation is 1. The van der Waals surface area contributed by atoms with Crippen LogP contribution in [0.5, 0.6) is 0 Å². The molecule has 4 rings (SSSR count). The second-order valence-electron chi connectivity index (χ2n) is 6.70. The van der Waals surface area contributed by atoms with Gasteiger partial charge in [-0.3, -0.25) is 18.7 Å². The number of fused-ring (bicyclic) bond motifs is 1. The minimum Gasteiger partial charge on any atom is -0.324 e. The molecule has 7 nitrogen and oxygen atoms in total. The molecule has 26 heavy (non-hydrogen) atoms. The van der Waals surface area contributed by atoms with Crippen LogP contribution in [-0.4, -0.2) is 20.0 Å². The minimum absolute atomic E-state index is 0.105. The molecule has 7 heteroatoms. The summed E-state index contributed by atoms with van der Waals surface area (Å²) >= 11 is 0. The van der Waals surface area contributed by atoms with Gasteiger partial charge < -0.3 is 5.32 Å². The maximum atomic E-state index is 12.8. The third-order valence-corrected chi connectivity index (χ3v) is 5.06. The van der Waals surface area contributed by atoms with Gasteiger partial charge in [0.15, 0.2) is 0 Å². The number of nitrogens with one attached hydrogen (secondary N) is 1. The molecule has 2 heterocycles. The van der Waals surface area contributed by atoms with Gasteiger partial charge in [0.1, 0.15) is 5.65 Å². The van der Waals surface area contributed by atoms with Crippen LogP contribution in [0, 0.1) is 0 Å². The van der Waals surface area contributed by atoms with Gasteiger partial charge in [-0.1, -0.05) is 30.3 Å². The number of hydrogen-bond donors (Lipinski definition) is 1. The van der Waals surface area contributed by atoms with Crippen LogP contribution < -0.4 is 16.6 Å². The van der Waals surface area contributed by atoms with Gasteiger partial charge in [-0.05, 0) is 24.5 Å². The number of anilines is 1. The number of carbonyl (C=O) groups excluding carboxylic acids is 1. The van der Waals surface area contributed by atoms with E-state index >= 15 is 0 Å². The predicted molar refractivity (Wildman–Crippen MR) is 98.2 cm³/mol. The summed E-state index contributed by atoms with van der Waals surface area (Å²) < 4.78 is 2.34. The van der Waals surface area contributed by atoms with Gasteiger partial charge in [0, 0.05) is 14.1 Å². The number of hydrogen-bond acceptors (Lipinski definition) is 4. The molecule has 1 fully saturated rings. The highest BCUT2D eigenvalue weighted by Crippen LogP contribution is 2.48. The maximum Gasteiger partial charge on any atom is 0.332 e. The number of aromatic nitrogens is 3. The van der Waals surface area contributed by atoms with E-state index in [4.69, 9.17) is 0 Å². The minimum atomic E-state index is -0.509. The largest absolute Gasteiger partial charge is 0.332 e. The molecule has 0 spiro atoms. The smallest absolute Gasteiger partial charge is 0.324 e. The van der Waals surface area contributed by atoms with Gasteiger partial charge in [-0.25, -0.2) is 9.78 Å². The standard InChI is InChI=1S/C19H18N4O3/c1-22-15-14(16(24)23(2)18(22)26)10-13(11-20-15)21-17(25)19(8-9-19)12-6-4-3-5-7-12/h3-7,10-11H,8-9H2,1-2H3,(H,21,25). The molecule has 0 aliphatic heterocycles. The first-order valence-corrected chi connectivity index (χ1v) is 8.37. The SMILES string of the molecule is Cn1c(=O)c2cc(NC(=O)C3(c4ccccc4)CC3)cnc2n(C)c1=O. The third-order valence-electron chi connectivity index (χ3n) is 5.06. The van der Waals surface area contributed by atoms with Gasteiger partial charge >= 0.3 is 5.69 Å². The van der Waals surface area contributed by atoms with E-state index in [0.717, 1.165) is 23.0 Å². The van der Waals surface area contributed by atoms with Gasteiger partial charge in [0.2, 0.25) is 5.91 Å². The van der Waals surface area contributed by atoms with Gasteiger partial charge in [0.05, 0.1) is 22.7 Å². The van der Waals surface area contributed by atoms with Crippen molar-refractivity contribution in [1.29, 1.82) is 0 Å². The first kappa shape index (κ1) is 16.3. The fourth-order valence-electron chi connectivity index (χ4n) is 3.31. The van der Waals surface area contributed by atoms with Crippen LogP contribution in [0.1, 0.15) is 18.4 Å². The normalized spacial score (nSPS) is 15.0. The number of carbonyl (C=O) groups is 1. The van der Waals surface area contributed by atoms with E-state index in [1.807, 2.05) is 30.3 Å². The highest BCUT2D eigenvalue weighted by Gasteiger charge is 2.51. The fourth-order valence-corrected chi connectivity index (χ4v) is 3.31. The summed E-state index contributed by atoms with van der Waals surface area (Å²) in [6, 6.07) is 11.2. The van der Waals surface area contributed by atoms with Gasteiger partial charge in [-0.15, -0.1) is 0 Å². The van der Waals surface area contributed by atoms with Crippen molar-refractivity contribution in [3.8, 4) is 0 Å². The zero-order valence-corrected chi connectivity index (χ0v) is 14.5. The molecular formula is C19H18N4O3. The average molecular weight is 350 g/mol. The molecule has 1 aliphatic rings. The molecule has 1 saturated carbocycles. The van der Waals surface area contributed by atoms with E-state index in [9.17, 15) is 14.4 Å². The van der Waals surface area contributed by atoms with E-state index < -0.39 is 16.7 Å². The predicted octanol–water partition coefficient (Wildman–Crippen LogP) is 1.30. The summed E-state index contributed by atoms with van der Waals surface area (Å²) in [6.45, 7) is 0. The van der Waals surface area contributed by atoms with Crippen molar-refractivity contribution < 1.29 is 4.79 Å². The second kappa shape index (κ2) is 5.66. The monoisotopic (exact) mass is 350 g/mol. The first-order valence-electron chi connectivity index (χ1n) is 8.37. The summed E-state index contributed by atoms with van der Waals surface area (Å²) in [5.74, 6) is -0.105. The number of rotatable bonds is 3. The molecule has 1 N–H and O–H groups in total. The molecule has 0 unspecified atom stereocenters. The lowest BCUT2D eigenvalue weighted by molar-refractivity contribution is -0.118. The Balaban J connectivity index is 1.72. The molecular weight excluding hydrogens is 332 g/mol. The van der Waals surface area contributed by atoms with Crippen molar-refractivity contribution >= 4 is 22.6 Å². The molecule has 2 aromatic heterocycles. The summed E-state index contributed by atoms with van der Waals surface area (Å²) in [5, 5.41) is 3.17. The topological polar surface area (TPSA) is 86.0 Å². The summed E-state index contributed by atoms with van der Waals surface area (Å²) in [6.07, 6.45) is 3.06. The van der Waals surface area contributed by atoms with E-state index in [1.165, 1.54) is 17.8 Å². The molecule has 0 saturated heterocycles. The van der Waals surface area contributed by atoms with E-state index in [0.29, 0.717) is 11.3 Å². The first-order chi connectivity index (χ1) is 12.4. The molecule has 3 aromatic rings. The van der Waals surface area contributed by atoms with Crippen molar-refractivity contribution in [3.63, 3.8) is 0 Å². The molecule has 1 aliphatic carbocycles. The Hall–Kier alpha value is -3.22. The van der Waals surface area contributed by atoms with Crippen molar-refractivity contribution in [1.82, 2.24) is 14.1 Å². The molecule has 0 radical (unpaired) electrons. The van der Waals surface area contributed by atoms with Crippen molar-refractivity contribution in [2.45, 2.75) is 18.3 Å². The average Bonchev–Trinajstić information content (AvgIpc) is 3.47. The van der Waals surface area contributed by atoms with Crippen LogP contribution >= 0.6 is 0 Å². The summed E-state index contributed by atoms with van der Waals surface area (Å²) in [4.78, 5) is 41.4. The molecule has 1 aromatic carbocycles. The van der Waals surface area contributed by atoms with Crippen LogP contribution in [0.4, 0.5) is 5.69 Å². The van der Waals surface area contributed by atoms with Crippen LogP contribution in [0.2, 0.25) is 0 Å².